The van der Waals surface area contributed by atoms with Crippen LogP contribution in [0.2, 0.25) is 0 Å². The molecule has 0 saturated carbocycles. The highest BCUT2D eigenvalue weighted by Crippen LogP contribution is 2.17. The minimum absolute atomic E-state index is 0.0364. The van der Waals surface area contributed by atoms with E-state index in [-0.39, 0.29) is 5.69 Å². The van der Waals surface area contributed by atoms with Crippen molar-refractivity contribution < 1.29 is 9.90 Å². The minimum atomic E-state index is -1.03. The molecule has 5 nitrogen and oxygen atoms in total. The molecule has 0 unspecified atom stereocenters. The molecule has 0 radical (unpaired) electrons. The maximum absolute atomic E-state index is 11.2. The number of carboxylic acid groups (broad SMARTS) is 1. The molecule has 5 heteroatoms. The van der Waals surface area contributed by atoms with E-state index in [2.05, 4.69) is 10.3 Å². The van der Waals surface area contributed by atoms with Gasteiger partial charge in [-0.25, -0.2) is 9.48 Å². The smallest absolute Gasteiger partial charge is 0.358 e. The standard InChI is InChI=1S/C14H17N3O2/c1-9(2)8-12-13(14(18)19)15-16-17(12)11-6-4-10(3)5-7-11/h4-7,9H,8H2,1-3H3,(H,18,19). The van der Waals surface area contributed by atoms with E-state index in [9.17, 15) is 4.79 Å². The van der Waals surface area contributed by atoms with Crippen molar-refractivity contribution in [2.45, 2.75) is 27.2 Å². The lowest BCUT2D eigenvalue weighted by Gasteiger charge is -2.09. The molecule has 0 aliphatic heterocycles. The van der Waals surface area contributed by atoms with Gasteiger partial charge in [-0.05, 0) is 31.4 Å². The van der Waals surface area contributed by atoms with Crippen LogP contribution in [0.5, 0.6) is 0 Å². The molecule has 1 N–H and O–H groups in total. The van der Waals surface area contributed by atoms with Gasteiger partial charge in [-0.1, -0.05) is 36.8 Å². The van der Waals surface area contributed by atoms with Crippen molar-refractivity contribution in [1.82, 2.24) is 15.0 Å². The van der Waals surface area contributed by atoms with Crippen molar-refractivity contribution in [3.63, 3.8) is 0 Å². The molecule has 0 atom stereocenters. The zero-order valence-electron chi connectivity index (χ0n) is 11.3. The van der Waals surface area contributed by atoms with Crippen LogP contribution in [0.25, 0.3) is 5.69 Å². The Hall–Kier alpha value is -2.17. The second-order valence-corrected chi connectivity index (χ2v) is 5.04. The van der Waals surface area contributed by atoms with Crippen molar-refractivity contribution in [1.29, 1.82) is 0 Å². The van der Waals surface area contributed by atoms with E-state index in [1.54, 1.807) is 4.68 Å². The van der Waals surface area contributed by atoms with Crippen molar-refractivity contribution in [2.24, 2.45) is 5.92 Å². The molecular weight excluding hydrogens is 242 g/mol. The minimum Gasteiger partial charge on any atom is -0.476 e. The van der Waals surface area contributed by atoms with Crippen molar-refractivity contribution in [2.75, 3.05) is 0 Å². The predicted molar refractivity (Wildman–Crippen MR) is 71.6 cm³/mol. The first-order valence-corrected chi connectivity index (χ1v) is 6.24. The van der Waals surface area contributed by atoms with Crippen LogP contribution in [0.4, 0.5) is 0 Å². The second kappa shape index (κ2) is 5.22. The van der Waals surface area contributed by atoms with E-state index in [1.807, 2.05) is 45.0 Å². The largest absolute Gasteiger partial charge is 0.476 e. The Morgan fingerprint density at radius 1 is 1.32 bits per heavy atom. The van der Waals surface area contributed by atoms with E-state index in [0.717, 1.165) is 11.3 Å². The summed E-state index contributed by atoms with van der Waals surface area (Å²) in [6.07, 6.45) is 0.627. The highest BCUT2D eigenvalue weighted by atomic mass is 16.4. The molecule has 0 fully saturated rings. The van der Waals surface area contributed by atoms with Crippen LogP contribution in [0.3, 0.4) is 0 Å². The molecule has 0 aliphatic carbocycles. The molecule has 0 amide bonds. The highest BCUT2D eigenvalue weighted by molar-refractivity contribution is 5.86. The number of carbonyl (C=O) groups is 1. The van der Waals surface area contributed by atoms with Gasteiger partial charge in [0.15, 0.2) is 5.69 Å². The van der Waals surface area contributed by atoms with Crippen LogP contribution in [-0.2, 0) is 6.42 Å². The number of nitrogens with zero attached hydrogens (tertiary/aromatic N) is 3. The third-order valence-electron chi connectivity index (χ3n) is 2.85. The van der Waals surface area contributed by atoms with Crippen molar-refractivity contribution in [3.8, 4) is 5.69 Å². The van der Waals surface area contributed by atoms with Crippen LogP contribution in [0.15, 0.2) is 24.3 Å². The summed E-state index contributed by atoms with van der Waals surface area (Å²) in [6, 6.07) is 7.77. The molecule has 0 bridgehead atoms. The third-order valence-corrected chi connectivity index (χ3v) is 2.85. The average Bonchev–Trinajstić information content (AvgIpc) is 2.73. The van der Waals surface area contributed by atoms with Gasteiger partial charge in [0, 0.05) is 0 Å². The first-order chi connectivity index (χ1) is 8.99. The van der Waals surface area contributed by atoms with Gasteiger partial charge >= 0.3 is 5.97 Å². The Morgan fingerprint density at radius 3 is 2.47 bits per heavy atom. The molecule has 2 aromatic rings. The fraction of sp³-hybridized carbons (Fsp3) is 0.357. The molecule has 1 aromatic carbocycles. The monoisotopic (exact) mass is 259 g/mol. The number of aromatic carboxylic acids is 1. The Morgan fingerprint density at radius 2 is 1.95 bits per heavy atom. The van der Waals surface area contributed by atoms with Gasteiger partial charge in [0.1, 0.15) is 0 Å². The van der Waals surface area contributed by atoms with E-state index in [0.29, 0.717) is 18.0 Å². The lowest BCUT2D eigenvalue weighted by molar-refractivity contribution is 0.0689. The zero-order valence-corrected chi connectivity index (χ0v) is 11.3. The summed E-state index contributed by atoms with van der Waals surface area (Å²) < 4.78 is 1.61. The van der Waals surface area contributed by atoms with Gasteiger partial charge in [-0.3, -0.25) is 0 Å². The predicted octanol–water partition coefficient (Wildman–Crippen LogP) is 2.47. The number of hydrogen-bond donors (Lipinski definition) is 1. The zero-order chi connectivity index (χ0) is 14.0. The number of aromatic nitrogens is 3. The Balaban J connectivity index is 2.50. The Labute approximate surface area is 111 Å². The van der Waals surface area contributed by atoms with Gasteiger partial charge in [0.25, 0.3) is 0 Å². The molecule has 0 aliphatic rings. The van der Waals surface area contributed by atoms with Gasteiger partial charge in [0.05, 0.1) is 11.4 Å². The topological polar surface area (TPSA) is 68.0 Å². The van der Waals surface area contributed by atoms with Crippen LogP contribution in [0, 0.1) is 12.8 Å². The SMILES string of the molecule is Cc1ccc(-n2nnc(C(=O)O)c2CC(C)C)cc1. The molecular formula is C14H17N3O2. The number of hydrogen-bond acceptors (Lipinski definition) is 3. The molecule has 2 rings (SSSR count). The normalized spacial score (nSPS) is 10.9. The quantitative estimate of drug-likeness (QED) is 0.915. The number of aryl methyl sites for hydroxylation is 1. The van der Waals surface area contributed by atoms with Crippen LogP contribution >= 0.6 is 0 Å². The lowest BCUT2D eigenvalue weighted by atomic mass is 10.1. The third kappa shape index (κ3) is 2.81. The van der Waals surface area contributed by atoms with Crippen LogP contribution in [0.1, 0.15) is 35.6 Å². The molecule has 100 valence electrons. The molecule has 0 saturated heterocycles. The Bertz CT molecular complexity index is 585. The maximum atomic E-state index is 11.2. The maximum Gasteiger partial charge on any atom is 0.358 e. The number of carboxylic acids is 1. The van der Waals surface area contributed by atoms with Crippen molar-refractivity contribution in [3.05, 3.63) is 41.2 Å². The van der Waals surface area contributed by atoms with Gasteiger partial charge in [0.2, 0.25) is 0 Å². The number of rotatable bonds is 4. The average molecular weight is 259 g/mol. The van der Waals surface area contributed by atoms with Crippen LogP contribution in [-0.4, -0.2) is 26.1 Å². The molecule has 0 spiro atoms. The van der Waals surface area contributed by atoms with Crippen LogP contribution < -0.4 is 0 Å². The van der Waals surface area contributed by atoms with Crippen molar-refractivity contribution >= 4 is 5.97 Å². The van der Waals surface area contributed by atoms with Gasteiger partial charge in [-0.15, -0.1) is 5.10 Å². The fourth-order valence-corrected chi connectivity index (χ4v) is 1.93. The van der Waals surface area contributed by atoms with Gasteiger partial charge in [-0.2, -0.15) is 0 Å². The molecule has 1 aromatic heterocycles. The molecule has 19 heavy (non-hydrogen) atoms. The van der Waals surface area contributed by atoms with E-state index < -0.39 is 5.97 Å². The summed E-state index contributed by atoms with van der Waals surface area (Å²) in [6.45, 7) is 6.08. The highest BCUT2D eigenvalue weighted by Gasteiger charge is 2.20. The lowest BCUT2D eigenvalue weighted by Crippen LogP contribution is -2.09. The summed E-state index contributed by atoms with van der Waals surface area (Å²) >= 11 is 0. The summed E-state index contributed by atoms with van der Waals surface area (Å²) in [5.74, 6) is -0.699. The first-order valence-electron chi connectivity index (χ1n) is 6.24. The summed E-state index contributed by atoms with van der Waals surface area (Å²) in [4.78, 5) is 11.2. The fourth-order valence-electron chi connectivity index (χ4n) is 1.93. The van der Waals surface area contributed by atoms with E-state index >= 15 is 0 Å². The molecule has 1 heterocycles. The Kier molecular flexibility index (Phi) is 3.64. The summed E-state index contributed by atoms with van der Waals surface area (Å²) in [5.41, 5.74) is 2.66. The number of benzene rings is 1. The summed E-state index contributed by atoms with van der Waals surface area (Å²) in [5, 5.41) is 16.9. The summed E-state index contributed by atoms with van der Waals surface area (Å²) in [7, 11) is 0. The van der Waals surface area contributed by atoms with E-state index in [4.69, 9.17) is 5.11 Å². The second-order valence-electron chi connectivity index (χ2n) is 5.04. The first kappa shape index (κ1) is 13.3. The van der Waals surface area contributed by atoms with Gasteiger partial charge < -0.3 is 5.11 Å². The van der Waals surface area contributed by atoms with E-state index in [1.165, 1.54) is 0 Å².